The maximum absolute atomic E-state index is 11.4. The maximum atomic E-state index is 11.4. The van der Waals surface area contributed by atoms with Gasteiger partial charge in [-0.3, -0.25) is 0 Å². The molecular formula is C22H45NaO4S. The van der Waals surface area contributed by atoms with Gasteiger partial charge in [0, 0.05) is 5.25 Å². The van der Waals surface area contributed by atoms with Gasteiger partial charge in [-0.15, -0.1) is 0 Å². The SMILES string of the molecule is CCCCCCC(CCCCCCCCCCCCCC(C)O)S(=O)(=O)[O-].[Na+]. The minimum atomic E-state index is -4.14. The van der Waals surface area contributed by atoms with Crippen molar-refractivity contribution < 1.29 is 47.6 Å². The van der Waals surface area contributed by atoms with Crippen LogP contribution >= 0.6 is 0 Å². The molecule has 0 aromatic carbocycles. The molecule has 0 aromatic rings. The predicted octanol–water partition coefficient (Wildman–Crippen LogP) is 3.33. The van der Waals surface area contributed by atoms with Crippen molar-refractivity contribution in [2.75, 3.05) is 0 Å². The largest absolute Gasteiger partial charge is 1.00 e. The van der Waals surface area contributed by atoms with Crippen LogP contribution in [0.3, 0.4) is 0 Å². The molecule has 0 aliphatic rings. The molecule has 0 rings (SSSR count). The van der Waals surface area contributed by atoms with Crippen LogP contribution in [0.25, 0.3) is 0 Å². The summed E-state index contributed by atoms with van der Waals surface area (Å²) in [5.41, 5.74) is 0. The number of hydrogen-bond donors (Lipinski definition) is 1. The molecule has 28 heavy (non-hydrogen) atoms. The third-order valence-electron chi connectivity index (χ3n) is 5.44. The number of rotatable bonds is 20. The molecule has 0 bridgehead atoms. The van der Waals surface area contributed by atoms with Crippen molar-refractivity contribution >= 4 is 10.1 Å². The average molecular weight is 429 g/mol. The standard InChI is InChI=1S/C22H46O4S.Na/c1-3-4-5-16-19-22(27(24,25)26)20-17-14-12-10-8-6-7-9-11-13-15-18-21(2)23;/h21-23H,3-20H2,1-2H3,(H,24,25,26);/q;+1/p-1. The van der Waals surface area contributed by atoms with Crippen LogP contribution < -0.4 is 29.6 Å². The van der Waals surface area contributed by atoms with Crippen LogP contribution in [0.4, 0.5) is 0 Å². The van der Waals surface area contributed by atoms with Crippen molar-refractivity contribution in [2.24, 2.45) is 0 Å². The predicted molar refractivity (Wildman–Crippen MR) is 114 cm³/mol. The zero-order chi connectivity index (χ0) is 20.4. The molecule has 0 radical (unpaired) electrons. The molecule has 6 heteroatoms. The van der Waals surface area contributed by atoms with E-state index in [0.717, 1.165) is 57.8 Å². The monoisotopic (exact) mass is 428 g/mol. The Kier molecular flexibility index (Phi) is 23.4. The van der Waals surface area contributed by atoms with Gasteiger partial charge >= 0.3 is 29.6 Å². The minimum absolute atomic E-state index is 0. The molecule has 0 aromatic heterocycles. The fourth-order valence-electron chi connectivity index (χ4n) is 3.63. The maximum Gasteiger partial charge on any atom is 1.00 e. The zero-order valence-electron chi connectivity index (χ0n) is 19.0. The first-order valence-electron chi connectivity index (χ1n) is 11.5. The molecule has 0 saturated carbocycles. The Bertz CT molecular complexity index is 413. The first-order chi connectivity index (χ1) is 12.9. The van der Waals surface area contributed by atoms with Gasteiger partial charge in [-0.05, 0) is 26.2 Å². The summed E-state index contributed by atoms with van der Waals surface area (Å²) in [7, 11) is -4.14. The van der Waals surface area contributed by atoms with E-state index in [1.165, 1.54) is 44.9 Å². The van der Waals surface area contributed by atoms with Gasteiger partial charge in [-0.25, -0.2) is 8.42 Å². The second-order valence-corrected chi connectivity index (χ2v) is 9.93. The van der Waals surface area contributed by atoms with Gasteiger partial charge in [-0.1, -0.05) is 103 Å². The third kappa shape index (κ3) is 21.6. The fourth-order valence-corrected chi connectivity index (χ4v) is 4.55. The number of hydrogen-bond acceptors (Lipinski definition) is 4. The Hall–Kier alpha value is 0.870. The van der Waals surface area contributed by atoms with Crippen molar-refractivity contribution in [3.05, 3.63) is 0 Å². The van der Waals surface area contributed by atoms with E-state index in [0.29, 0.717) is 12.8 Å². The summed E-state index contributed by atoms with van der Waals surface area (Å²) in [5, 5.41) is 8.53. The van der Waals surface area contributed by atoms with Crippen LogP contribution in [0.2, 0.25) is 0 Å². The Morgan fingerprint density at radius 2 is 1.00 bits per heavy atom. The third-order valence-corrected chi connectivity index (χ3v) is 6.72. The van der Waals surface area contributed by atoms with Crippen molar-refractivity contribution in [1.82, 2.24) is 0 Å². The summed E-state index contributed by atoms with van der Waals surface area (Å²) in [4.78, 5) is 0. The van der Waals surface area contributed by atoms with E-state index in [-0.39, 0.29) is 35.7 Å². The van der Waals surface area contributed by atoms with Crippen molar-refractivity contribution in [3.8, 4) is 0 Å². The van der Waals surface area contributed by atoms with Gasteiger partial charge in [0.25, 0.3) is 0 Å². The molecule has 0 aliphatic carbocycles. The Morgan fingerprint density at radius 3 is 1.32 bits per heavy atom. The van der Waals surface area contributed by atoms with Gasteiger partial charge < -0.3 is 9.66 Å². The van der Waals surface area contributed by atoms with Crippen LogP contribution in [-0.2, 0) is 10.1 Å². The summed E-state index contributed by atoms with van der Waals surface area (Å²) in [6, 6.07) is 0. The second-order valence-electron chi connectivity index (χ2n) is 8.28. The summed E-state index contributed by atoms with van der Waals surface area (Å²) in [5.74, 6) is 0. The molecule has 164 valence electrons. The summed E-state index contributed by atoms with van der Waals surface area (Å²) >= 11 is 0. The van der Waals surface area contributed by atoms with Crippen molar-refractivity contribution in [3.63, 3.8) is 0 Å². The Labute approximate surface area is 197 Å². The van der Waals surface area contributed by atoms with E-state index in [9.17, 15) is 18.1 Å². The van der Waals surface area contributed by atoms with Gasteiger partial charge in [0.1, 0.15) is 0 Å². The first kappa shape index (κ1) is 31.1. The molecule has 0 fully saturated rings. The van der Waals surface area contributed by atoms with E-state index >= 15 is 0 Å². The average Bonchev–Trinajstić information content (AvgIpc) is 2.59. The normalized spacial score (nSPS) is 13.9. The zero-order valence-corrected chi connectivity index (χ0v) is 21.8. The van der Waals surface area contributed by atoms with Crippen molar-refractivity contribution in [1.29, 1.82) is 0 Å². The van der Waals surface area contributed by atoms with Crippen LogP contribution in [0.1, 0.15) is 129 Å². The minimum Gasteiger partial charge on any atom is -0.748 e. The molecule has 0 aliphatic heterocycles. The topological polar surface area (TPSA) is 77.4 Å². The molecule has 1 N–H and O–H groups in total. The number of aliphatic hydroxyl groups is 1. The van der Waals surface area contributed by atoms with Crippen LogP contribution in [0.5, 0.6) is 0 Å². The molecule has 2 unspecified atom stereocenters. The number of aliphatic hydroxyl groups excluding tert-OH is 1. The van der Waals surface area contributed by atoms with E-state index in [4.69, 9.17) is 0 Å². The second kappa shape index (κ2) is 21.1. The summed E-state index contributed by atoms with van der Waals surface area (Å²) in [6.45, 7) is 3.98. The van der Waals surface area contributed by atoms with Crippen LogP contribution in [0, 0.1) is 0 Å². The molecule has 0 spiro atoms. The molecule has 0 heterocycles. The molecular weight excluding hydrogens is 383 g/mol. The quantitative estimate of drug-likeness (QED) is 0.183. The summed E-state index contributed by atoms with van der Waals surface area (Å²) < 4.78 is 34.2. The molecule has 0 saturated heterocycles. The van der Waals surface area contributed by atoms with E-state index in [2.05, 4.69) is 6.92 Å². The molecule has 4 nitrogen and oxygen atoms in total. The van der Waals surface area contributed by atoms with Crippen molar-refractivity contribution in [2.45, 2.75) is 141 Å². The Balaban J connectivity index is 0. The first-order valence-corrected chi connectivity index (χ1v) is 13.0. The Morgan fingerprint density at radius 1 is 0.679 bits per heavy atom. The fraction of sp³-hybridized carbons (Fsp3) is 1.00. The van der Waals surface area contributed by atoms with Crippen LogP contribution in [0.15, 0.2) is 0 Å². The number of unbranched alkanes of at least 4 members (excludes halogenated alkanes) is 13. The summed E-state index contributed by atoms with van der Waals surface area (Å²) in [6.07, 6.45) is 19.0. The van der Waals surface area contributed by atoms with Crippen LogP contribution in [-0.4, -0.2) is 29.4 Å². The van der Waals surface area contributed by atoms with Gasteiger partial charge in [0.05, 0.1) is 16.2 Å². The van der Waals surface area contributed by atoms with E-state index in [1.54, 1.807) is 0 Å². The van der Waals surface area contributed by atoms with E-state index < -0.39 is 15.4 Å². The molecule has 2 atom stereocenters. The smallest absolute Gasteiger partial charge is 0.748 e. The van der Waals surface area contributed by atoms with Gasteiger partial charge in [0.2, 0.25) is 0 Å². The van der Waals surface area contributed by atoms with Gasteiger partial charge in [0.15, 0.2) is 0 Å². The van der Waals surface area contributed by atoms with Gasteiger partial charge in [-0.2, -0.15) is 0 Å². The van der Waals surface area contributed by atoms with E-state index in [1.807, 2.05) is 6.92 Å². The molecule has 0 amide bonds.